The summed E-state index contributed by atoms with van der Waals surface area (Å²) >= 11 is 0. The van der Waals surface area contributed by atoms with Crippen LogP contribution in [0.4, 0.5) is 10.6 Å². The van der Waals surface area contributed by atoms with E-state index in [4.69, 9.17) is 5.11 Å². The van der Waals surface area contributed by atoms with E-state index in [1.165, 1.54) is 12.8 Å². The van der Waals surface area contributed by atoms with Gasteiger partial charge in [-0.2, -0.15) is 5.10 Å². The number of hydrogen-bond acceptors (Lipinski definition) is 3. The number of rotatable bonds is 8. The fourth-order valence-corrected chi connectivity index (χ4v) is 2.94. The molecule has 1 saturated carbocycles. The number of urea groups is 1. The zero-order valence-electron chi connectivity index (χ0n) is 15.7. The van der Waals surface area contributed by atoms with Crippen molar-refractivity contribution in [3.05, 3.63) is 42.1 Å². The summed E-state index contributed by atoms with van der Waals surface area (Å²) in [4.78, 5) is 23.3. The molecule has 1 aromatic heterocycles. The van der Waals surface area contributed by atoms with Gasteiger partial charge in [0.2, 0.25) is 0 Å². The Hall–Kier alpha value is -2.83. The molecule has 0 saturated heterocycles. The van der Waals surface area contributed by atoms with Gasteiger partial charge >= 0.3 is 12.0 Å². The number of aliphatic carboxylic acids is 1. The van der Waals surface area contributed by atoms with E-state index >= 15 is 0 Å². The van der Waals surface area contributed by atoms with Crippen molar-refractivity contribution in [2.75, 3.05) is 5.32 Å². The van der Waals surface area contributed by atoms with Crippen LogP contribution in [-0.4, -0.2) is 32.4 Å². The quantitative estimate of drug-likeness (QED) is 0.661. The third-order valence-electron chi connectivity index (χ3n) is 4.61. The highest BCUT2D eigenvalue weighted by Gasteiger charge is 2.25. The van der Waals surface area contributed by atoms with Gasteiger partial charge < -0.3 is 10.4 Å². The highest BCUT2D eigenvalue weighted by Crippen LogP contribution is 2.33. The maximum absolute atomic E-state index is 12.5. The van der Waals surface area contributed by atoms with Gasteiger partial charge in [0.15, 0.2) is 0 Å². The minimum absolute atomic E-state index is 0.000758. The number of benzene rings is 1. The van der Waals surface area contributed by atoms with Gasteiger partial charge in [0, 0.05) is 18.0 Å². The molecule has 3 rings (SSSR count). The molecule has 2 aromatic rings. The Morgan fingerprint density at radius 1 is 1.26 bits per heavy atom. The van der Waals surface area contributed by atoms with E-state index in [9.17, 15) is 9.59 Å². The van der Waals surface area contributed by atoms with Crippen LogP contribution in [-0.2, 0) is 11.2 Å². The molecule has 1 aliphatic rings. The molecule has 1 aromatic carbocycles. The number of nitrogens with one attached hydrogen (secondary N) is 2. The van der Waals surface area contributed by atoms with Crippen LogP contribution in [0.2, 0.25) is 0 Å². The topological polar surface area (TPSA) is 96.2 Å². The minimum atomic E-state index is -0.878. The Morgan fingerprint density at radius 3 is 2.59 bits per heavy atom. The molecular formula is C20H26N4O3. The van der Waals surface area contributed by atoms with Crippen molar-refractivity contribution < 1.29 is 14.7 Å². The molecule has 0 atom stereocenters. The highest BCUT2D eigenvalue weighted by molar-refractivity contribution is 5.89. The van der Waals surface area contributed by atoms with Crippen molar-refractivity contribution in [2.45, 2.75) is 51.5 Å². The average molecular weight is 370 g/mol. The second-order valence-electron chi connectivity index (χ2n) is 7.77. The number of amides is 2. The van der Waals surface area contributed by atoms with E-state index in [0.29, 0.717) is 18.2 Å². The largest absolute Gasteiger partial charge is 0.481 e. The average Bonchev–Trinajstić information content (AvgIpc) is 3.33. The molecule has 27 heavy (non-hydrogen) atoms. The van der Waals surface area contributed by atoms with Gasteiger partial charge in [-0.25, -0.2) is 9.48 Å². The van der Waals surface area contributed by atoms with Crippen LogP contribution in [0, 0.1) is 5.92 Å². The van der Waals surface area contributed by atoms with Crippen molar-refractivity contribution in [1.82, 2.24) is 15.1 Å². The van der Waals surface area contributed by atoms with E-state index in [2.05, 4.69) is 15.7 Å². The third-order valence-corrected chi connectivity index (χ3v) is 4.61. The summed E-state index contributed by atoms with van der Waals surface area (Å²) in [6, 6.07) is 11.2. The summed E-state index contributed by atoms with van der Waals surface area (Å²) < 4.78 is 1.74. The number of carboxylic acid groups (broad SMARTS) is 1. The smallest absolute Gasteiger partial charge is 0.320 e. The predicted octanol–water partition coefficient (Wildman–Crippen LogP) is 3.59. The molecule has 3 N–H and O–H groups in total. The van der Waals surface area contributed by atoms with E-state index in [0.717, 1.165) is 17.8 Å². The van der Waals surface area contributed by atoms with Crippen LogP contribution in [0.15, 0.2) is 36.4 Å². The number of anilines is 1. The third kappa shape index (κ3) is 5.57. The van der Waals surface area contributed by atoms with Crippen molar-refractivity contribution in [3.8, 4) is 5.69 Å². The Balaban J connectivity index is 1.73. The lowest BCUT2D eigenvalue weighted by Gasteiger charge is -2.25. The number of carboxylic acids is 1. The lowest BCUT2D eigenvalue weighted by molar-refractivity contribution is -0.137. The van der Waals surface area contributed by atoms with Gasteiger partial charge in [0.05, 0.1) is 11.4 Å². The molecule has 1 heterocycles. The summed E-state index contributed by atoms with van der Waals surface area (Å²) in [6.45, 7) is 3.62. The SMILES string of the molecule is CC(C)(CCC(=O)O)NC(=O)Nc1cc(CC2CC2)nn1-c1ccccc1. The van der Waals surface area contributed by atoms with E-state index in [1.54, 1.807) is 4.68 Å². The van der Waals surface area contributed by atoms with Gasteiger partial charge in [-0.1, -0.05) is 18.2 Å². The number of carbonyl (C=O) groups is 2. The van der Waals surface area contributed by atoms with E-state index in [1.807, 2.05) is 50.2 Å². The van der Waals surface area contributed by atoms with Gasteiger partial charge in [0.25, 0.3) is 0 Å². The Kier molecular flexibility index (Phi) is 5.48. The number of carbonyl (C=O) groups excluding carboxylic acids is 1. The van der Waals surface area contributed by atoms with Crippen molar-refractivity contribution in [2.24, 2.45) is 5.92 Å². The maximum atomic E-state index is 12.5. The van der Waals surface area contributed by atoms with Crippen LogP contribution in [0.1, 0.15) is 45.2 Å². The zero-order chi connectivity index (χ0) is 19.4. The van der Waals surface area contributed by atoms with E-state index in [-0.39, 0.29) is 12.5 Å². The highest BCUT2D eigenvalue weighted by atomic mass is 16.4. The van der Waals surface area contributed by atoms with Crippen LogP contribution in [0.3, 0.4) is 0 Å². The van der Waals surface area contributed by atoms with Gasteiger partial charge in [-0.15, -0.1) is 0 Å². The number of hydrogen-bond donors (Lipinski definition) is 3. The second-order valence-corrected chi connectivity index (χ2v) is 7.77. The van der Waals surface area contributed by atoms with Crippen LogP contribution in [0.25, 0.3) is 5.69 Å². The normalized spacial score (nSPS) is 14.0. The Bertz CT molecular complexity index is 810. The molecule has 0 unspecified atom stereocenters. The summed E-state index contributed by atoms with van der Waals surface area (Å²) in [6.07, 6.45) is 3.74. The molecule has 0 spiro atoms. The predicted molar refractivity (Wildman–Crippen MR) is 103 cm³/mol. The molecular weight excluding hydrogens is 344 g/mol. The standard InChI is InChI=1S/C20H26N4O3/c1-20(2,11-10-18(25)26)22-19(27)21-17-13-15(12-14-8-9-14)23-24(17)16-6-4-3-5-7-16/h3-7,13-14H,8-12H2,1-2H3,(H,25,26)(H2,21,22,27). The summed E-state index contributed by atoms with van der Waals surface area (Å²) in [5.41, 5.74) is 1.21. The minimum Gasteiger partial charge on any atom is -0.481 e. The van der Waals surface area contributed by atoms with Crippen LogP contribution in [0.5, 0.6) is 0 Å². The second kappa shape index (κ2) is 7.82. The molecule has 0 bridgehead atoms. The number of para-hydroxylation sites is 1. The number of aromatic nitrogens is 2. The fourth-order valence-electron chi connectivity index (χ4n) is 2.94. The lowest BCUT2D eigenvalue weighted by Crippen LogP contribution is -2.46. The van der Waals surface area contributed by atoms with Gasteiger partial charge in [-0.3, -0.25) is 10.1 Å². The zero-order valence-corrected chi connectivity index (χ0v) is 15.7. The van der Waals surface area contributed by atoms with Crippen molar-refractivity contribution in [1.29, 1.82) is 0 Å². The molecule has 2 amide bonds. The first-order valence-corrected chi connectivity index (χ1v) is 9.28. The molecule has 7 nitrogen and oxygen atoms in total. The monoisotopic (exact) mass is 370 g/mol. The summed E-state index contributed by atoms with van der Waals surface area (Å²) in [5, 5.41) is 19.2. The first kappa shape index (κ1) is 18.9. The lowest BCUT2D eigenvalue weighted by atomic mass is 9.99. The van der Waals surface area contributed by atoms with Crippen molar-refractivity contribution >= 4 is 17.8 Å². The molecule has 0 aliphatic heterocycles. The first-order valence-electron chi connectivity index (χ1n) is 9.28. The Morgan fingerprint density at radius 2 is 1.96 bits per heavy atom. The summed E-state index contributed by atoms with van der Waals surface area (Å²) in [7, 11) is 0. The van der Waals surface area contributed by atoms with Gasteiger partial charge in [-0.05, 0) is 57.6 Å². The van der Waals surface area contributed by atoms with Crippen LogP contribution >= 0.6 is 0 Å². The molecule has 1 aliphatic carbocycles. The van der Waals surface area contributed by atoms with Crippen molar-refractivity contribution in [3.63, 3.8) is 0 Å². The Labute approximate surface area is 158 Å². The molecule has 7 heteroatoms. The number of nitrogens with zero attached hydrogens (tertiary/aromatic N) is 2. The fraction of sp³-hybridized carbons (Fsp3) is 0.450. The first-order chi connectivity index (χ1) is 12.8. The molecule has 144 valence electrons. The maximum Gasteiger partial charge on any atom is 0.320 e. The van der Waals surface area contributed by atoms with Crippen LogP contribution < -0.4 is 10.6 Å². The molecule has 1 fully saturated rings. The molecule has 0 radical (unpaired) electrons. The summed E-state index contributed by atoms with van der Waals surface area (Å²) in [5.74, 6) is 0.418. The van der Waals surface area contributed by atoms with E-state index < -0.39 is 11.5 Å². The van der Waals surface area contributed by atoms with Gasteiger partial charge in [0.1, 0.15) is 5.82 Å².